The summed E-state index contributed by atoms with van der Waals surface area (Å²) in [5.74, 6) is -1.17. The van der Waals surface area contributed by atoms with Gasteiger partial charge in [0.15, 0.2) is 0 Å². The third-order valence-corrected chi connectivity index (χ3v) is 2.19. The molecule has 1 aromatic rings. The summed E-state index contributed by atoms with van der Waals surface area (Å²) >= 11 is 0. The Kier molecular flexibility index (Phi) is 4.72. The zero-order chi connectivity index (χ0) is 12.0. The maximum atomic E-state index is 12.7. The second kappa shape index (κ2) is 6.07. The fourth-order valence-corrected chi connectivity index (χ4v) is 1.41. The molecule has 16 heavy (non-hydrogen) atoms. The number of anilines is 1. The van der Waals surface area contributed by atoms with Gasteiger partial charge in [0.1, 0.15) is 5.82 Å². The third-order valence-electron chi connectivity index (χ3n) is 2.19. The minimum Gasteiger partial charge on any atom is -0.481 e. The number of halogens is 1. The van der Waals surface area contributed by atoms with E-state index >= 15 is 0 Å². The highest BCUT2D eigenvalue weighted by atomic mass is 19.1. The molecule has 0 aliphatic heterocycles. The molecule has 0 aliphatic rings. The zero-order valence-electron chi connectivity index (χ0n) is 8.90. The van der Waals surface area contributed by atoms with Crippen LogP contribution in [0.5, 0.6) is 0 Å². The number of carboxylic acid groups (broad SMARTS) is 1. The lowest BCUT2D eigenvalue weighted by Crippen LogP contribution is -2.31. The largest absolute Gasteiger partial charge is 0.481 e. The molecule has 0 fully saturated rings. The van der Waals surface area contributed by atoms with E-state index < -0.39 is 5.97 Å². The fraction of sp³-hybridized carbons (Fsp3) is 0.364. The van der Waals surface area contributed by atoms with Crippen LogP contribution < -0.4 is 10.6 Å². The second-order valence-corrected chi connectivity index (χ2v) is 3.40. The van der Waals surface area contributed by atoms with Crippen molar-refractivity contribution in [1.29, 1.82) is 0 Å². The zero-order valence-corrected chi connectivity index (χ0v) is 8.90. The van der Waals surface area contributed by atoms with Gasteiger partial charge in [0.05, 0.1) is 6.42 Å². The molecule has 88 valence electrons. The van der Waals surface area contributed by atoms with Crippen molar-refractivity contribution >= 4 is 11.7 Å². The van der Waals surface area contributed by atoms with Gasteiger partial charge >= 0.3 is 5.97 Å². The van der Waals surface area contributed by atoms with Gasteiger partial charge in [0.25, 0.3) is 0 Å². The number of nitrogens with two attached hydrogens (primary N) is 1. The van der Waals surface area contributed by atoms with E-state index in [9.17, 15) is 9.18 Å². The Bertz CT molecular complexity index is 340. The molecule has 3 N–H and O–H groups in total. The molecule has 0 aromatic heterocycles. The van der Waals surface area contributed by atoms with Crippen LogP contribution in [0.1, 0.15) is 6.42 Å². The average Bonchev–Trinajstić information content (AvgIpc) is 2.25. The Hall–Kier alpha value is -1.62. The van der Waals surface area contributed by atoms with E-state index in [1.165, 1.54) is 12.1 Å². The molecular weight excluding hydrogens is 211 g/mol. The number of aliphatic carboxylic acids is 1. The Labute approximate surface area is 93.5 Å². The van der Waals surface area contributed by atoms with Crippen molar-refractivity contribution in [1.82, 2.24) is 0 Å². The van der Waals surface area contributed by atoms with Gasteiger partial charge in [0.2, 0.25) is 0 Å². The summed E-state index contributed by atoms with van der Waals surface area (Å²) in [4.78, 5) is 12.3. The van der Waals surface area contributed by atoms with Gasteiger partial charge in [0, 0.05) is 25.3 Å². The normalized spacial score (nSPS) is 10.1. The predicted octanol–water partition coefficient (Wildman–Crippen LogP) is 1.07. The molecule has 0 saturated carbocycles. The van der Waals surface area contributed by atoms with E-state index in [2.05, 4.69) is 0 Å². The molecule has 0 aliphatic carbocycles. The first-order valence-electron chi connectivity index (χ1n) is 5.06. The molecule has 5 heteroatoms. The first-order chi connectivity index (χ1) is 7.63. The summed E-state index contributed by atoms with van der Waals surface area (Å²) in [6.45, 7) is 1.36. The molecule has 0 spiro atoms. The summed E-state index contributed by atoms with van der Waals surface area (Å²) in [5.41, 5.74) is 6.23. The van der Waals surface area contributed by atoms with Crippen molar-refractivity contribution in [2.75, 3.05) is 24.5 Å². The molecule has 0 saturated heterocycles. The average molecular weight is 226 g/mol. The number of carbonyl (C=O) groups is 1. The van der Waals surface area contributed by atoms with Gasteiger partial charge in [-0.05, 0) is 24.3 Å². The summed E-state index contributed by atoms with van der Waals surface area (Å²) in [5, 5.41) is 8.60. The first-order valence-corrected chi connectivity index (χ1v) is 5.06. The van der Waals surface area contributed by atoms with E-state index in [1.807, 2.05) is 4.90 Å². The quantitative estimate of drug-likeness (QED) is 0.761. The van der Waals surface area contributed by atoms with E-state index in [4.69, 9.17) is 10.8 Å². The highest BCUT2D eigenvalue weighted by Gasteiger charge is 2.07. The molecule has 0 bridgehead atoms. The van der Waals surface area contributed by atoms with Crippen molar-refractivity contribution in [3.05, 3.63) is 30.1 Å². The molecule has 1 rings (SSSR count). The summed E-state index contributed by atoms with van der Waals surface area (Å²) < 4.78 is 12.7. The third kappa shape index (κ3) is 3.86. The van der Waals surface area contributed by atoms with E-state index in [0.717, 1.165) is 5.69 Å². The Balaban J connectivity index is 2.68. The number of nitrogens with zero attached hydrogens (tertiary/aromatic N) is 1. The van der Waals surface area contributed by atoms with Gasteiger partial charge in [-0.1, -0.05) is 0 Å². The van der Waals surface area contributed by atoms with Crippen LogP contribution in [0.4, 0.5) is 10.1 Å². The molecule has 0 atom stereocenters. The monoisotopic (exact) mass is 226 g/mol. The van der Waals surface area contributed by atoms with Crippen LogP contribution in [0.2, 0.25) is 0 Å². The lowest BCUT2D eigenvalue weighted by Gasteiger charge is -2.23. The highest BCUT2D eigenvalue weighted by Crippen LogP contribution is 2.14. The van der Waals surface area contributed by atoms with E-state index in [1.54, 1.807) is 12.1 Å². The maximum Gasteiger partial charge on any atom is 0.305 e. The lowest BCUT2D eigenvalue weighted by atomic mass is 10.2. The van der Waals surface area contributed by atoms with Gasteiger partial charge in [-0.15, -0.1) is 0 Å². The second-order valence-electron chi connectivity index (χ2n) is 3.40. The van der Waals surface area contributed by atoms with Crippen LogP contribution in [-0.4, -0.2) is 30.7 Å². The van der Waals surface area contributed by atoms with Gasteiger partial charge in [-0.25, -0.2) is 4.39 Å². The van der Waals surface area contributed by atoms with Crippen LogP contribution in [0.15, 0.2) is 24.3 Å². The topological polar surface area (TPSA) is 66.6 Å². The number of rotatable bonds is 6. The number of carboxylic acids is 1. The molecule has 4 nitrogen and oxygen atoms in total. The summed E-state index contributed by atoms with van der Waals surface area (Å²) in [6.07, 6.45) is 0.0391. The van der Waals surface area contributed by atoms with Gasteiger partial charge < -0.3 is 15.7 Å². The molecule has 1 aromatic carbocycles. The summed E-state index contributed by atoms with van der Waals surface area (Å²) in [6, 6.07) is 5.93. The van der Waals surface area contributed by atoms with Crippen molar-refractivity contribution in [2.24, 2.45) is 5.73 Å². The molecule has 0 radical (unpaired) electrons. The van der Waals surface area contributed by atoms with Gasteiger partial charge in [-0.2, -0.15) is 0 Å². The van der Waals surface area contributed by atoms with Crippen LogP contribution in [0, 0.1) is 5.82 Å². The van der Waals surface area contributed by atoms with E-state index in [-0.39, 0.29) is 12.2 Å². The first kappa shape index (κ1) is 12.4. The maximum absolute atomic E-state index is 12.7. The fourth-order valence-electron chi connectivity index (χ4n) is 1.41. The summed E-state index contributed by atoms with van der Waals surface area (Å²) in [7, 11) is 0. The van der Waals surface area contributed by atoms with Crippen molar-refractivity contribution in [2.45, 2.75) is 6.42 Å². The van der Waals surface area contributed by atoms with Crippen molar-refractivity contribution < 1.29 is 14.3 Å². The standard InChI is InChI=1S/C11H15FN2O2/c12-9-1-3-10(4-2-9)14(8-6-13)7-5-11(15)16/h1-4H,5-8,13H2,(H,15,16). The van der Waals surface area contributed by atoms with Crippen molar-refractivity contribution in [3.8, 4) is 0 Å². The smallest absolute Gasteiger partial charge is 0.305 e. The number of benzene rings is 1. The SMILES string of the molecule is NCCN(CCC(=O)O)c1ccc(F)cc1. The Morgan fingerprint density at radius 1 is 1.31 bits per heavy atom. The van der Waals surface area contributed by atoms with Gasteiger partial charge in [-0.3, -0.25) is 4.79 Å². The van der Waals surface area contributed by atoms with Crippen molar-refractivity contribution in [3.63, 3.8) is 0 Å². The number of hydrogen-bond acceptors (Lipinski definition) is 3. The number of hydrogen-bond donors (Lipinski definition) is 2. The van der Waals surface area contributed by atoms with Crippen LogP contribution in [-0.2, 0) is 4.79 Å². The Morgan fingerprint density at radius 2 is 1.94 bits per heavy atom. The molecule has 0 amide bonds. The Morgan fingerprint density at radius 3 is 2.44 bits per heavy atom. The van der Waals surface area contributed by atoms with Crippen LogP contribution in [0.25, 0.3) is 0 Å². The van der Waals surface area contributed by atoms with E-state index in [0.29, 0.717) is 19.6 Å². The lowest BCUT2D eigenvalue weighted by molar-refractivity contribution is -0.136. The molecule has 0 unspecified atom stereocenters. The predicted molar refractivity (Wildman–Crippen MR) is 59.9 cm³/mol. The minimum atomic E-state index is -0.857. The molecular formula is C11H15FN2O2. The molecule has 0 heterocycles. The highest BCUT2D eigenvalue weighted by molar-refractivity contribution is 5.67. The van der Waals surface area contributed by atoms with Crippen LogP contribution in [0.3, 0.4) is 0 Å². The van der Waals surface area contributed by atoms with Crippen LogP contribution >= 0.6 is 0 Å². The minimum absolute atomic E-state index is 0.0391.